The Bertz CT molecular complexity index is 423. The van der Waals surface area contributed by atoms with Crippen molar-refractivity contribution in [3.63, 3.8) is 0 Å². The second-order valence-corrected chi connectivity index (χ2v) is 5.36. The lowest BCUT2D eigenvalue weighted by Crippen LogP contribution is -2.47. The van der Waals surface area contributed by atoms with Crippen molar-refractivity contribution < 1.29 is 4.79 Å². The highest BCUT2D eigenvalue weighted by molar-refractivity contribution is 6.33. The molecule has 0 radical (unpaired) electrons. The zero-order valence-corrected chi connectivity index (χ0v) is 11.2. The molecular formula is C12H18ClN3O. The monoisotopic (exact) mass is 255 g/mol. The molecule has 1 atom stereocenters. The highest BCUT2D eigenvalue weighted by Gasteiger charge is 2.32. The number of Topliss-reactive ketones (excluding diaryl/α,β-unsaturated/α-hetero) is 1. The van der Waals surface area contributed by atoms with E-state index in [4.69, 9.17) is 11.6 Å². The summed E-state index contributed by atoms with van der Waals surface area (Å²) in [4.78, 5) is 12.4. The van der Waals surface area contributed by atoms with E-state index in [1.807, 2.05) is 20.8 Å². The fourth-order valence-corrected chi connectivity index (χ4v) is 2.28. The van der Waals surface area contributed by atoms with Crippen LogP contribution in [0.4, 0.5) is 0 Å². The van der Waals surface area contributed by atoms with Gasteiger partial charge >= 0.3 is 0 Å². The molecule has 1 aromatic heterocycles. The van der Waals surface area contributed by atoms with Gasteiger partial charge in [0.25, 0.3) is 0 Å². The maximum absolute atomic E-state index is 12.4. The van der Waals surface area contributed by atoms with Gasteiger partial charge in [0.05, 0.1) is 11.2 Å². The number of aromatic nitrogens is 2. The first-order valence-corrected chi connectivity index (χ1v) is 6.38. The Morgan fingerprint density at radius 3 is 2.65 bits per heavy atom. The van der Waals surface area contributed by atoms with Gasteiger partial charge in [-0.1, -0.05) is 18.5 Å². The largest absolute Gasteiger partial charge is 0.316 e. The summed E-state index contributed by atoms with van der Waals surface area (Å²) >= 11 is 6.07. The molecule has 1 N–H and O–H groups in total. The van der Waals surface area contributed by atoms with Crippen LogP contribution in [-0.4, -0.2) is 28.7 Å². The van der Waals surface area contributed by atoms with Crippen LogP contribution in [0.3, 0.4) is 0 Å². The number of ketones is 1. The van der Waals surface area contributed by atoms with Gasteiger partial charge < -0.3 is 5.32 Å². The zero-order valence-electron chi connectivity index (χ0n) is 10.4. The fraction of sp³-hybridized carbons (Fsp3) is 0.667. The third-order valence-electron chi connectivity index (χ3n) is 3.41. The van der Waals surface area contributed by atoms with Crippen molar-refractivity contribution in [2.45, 2.75) is 26.8 Å². The molecule has 1 fully saturated rings. The van der Waals surface area contributed by atoms with E-state index >= 15 is 0 Å². The summed E-state index contributed by atoms with van der Waals surface area (Å²) in [6, 6.07) is 0.146. The van der Waals surface area contributed by atoms with Gasteiger partial charge in [-0.2, -0.15) is 5.10 Å². The second kappa shape index (κ2) is 4.78. The summed E-state index contributed by atoms with van der Waals surface area (Å²) < 4.78 is 1.72. The summed E-state index contributed by atoms with van der Waals surface area (Å²) in [5.41, 5.74) is 0.557. The van der Waals surface area contributed by atoms with Gasteiger partial charge in [-0.15, -0.1) is 0 Å². The minimum absolute atomic E-state index is 0.00273. The Kier molecular flexibility index (Phi) is 3.54. The molecule has 0 bridgehead atoms. The van der Waals surface area contributed by atoms with E-state index in [0.717, 1.165) is 13.1 Å². The normalized spacial score (nSPS) is 18.2. The van der Waals surface area contributed by atoms with Crippen LogP contribution in [0, 0.1) is 11.8 Å². The second-order valence-electron chi connectivity index (χ2n) is 4.95. The van der Waals surface area contributed by atoms with E-state index in [1.165, 1.54) is 0 Å². The first-order chi connectivity index (χ1) is 8.02. The molecule has 94 valence electrons. The standard InChI is InChI=1S/C12H18ClN3O/c1-7(2)16-11(10(13)6-15-16)12(17)8(3)9-4-14-5-9/h6-9,14H,4-5H2,1-3H3. The van der Waals surface area contributed by atoms with Crippen molar-refractivity contribution in [2.24, 2.45) is 11.8 Å². The zero-order chi connectivity index (χ0) is 12.6. The van der Waals surface area contributed by atoms with E-state index in [1.54, 1.807) is 10.9 Å². The van der Waals surface area contributed by atoms with E-state index < -0.39 is 0 Å². The number of nitrogens with zero attached hydrogens (tertiary/aromatic N) is 2. The van der Waals surface area contributed by atoms with Crippen molar-refractivity contribution in [3.05, 3.63) is 16.9 Å². The minimum Gasteiger partial charge on any atom is -0.316 e. The van der Waals surface area contributed by atoms with Crippen LogP contribution in [0.5, 0.6) is 0 Å². The minimum atomic E-state index is 0.00273. The average Bonchev–Trinajstić information content (AvgIpc) is 2.56. The van der Waals surface area contributed by atoms with Crippen molar-refractivity contribution in [1.82, 2.24) is 15.1 Å². The molecule has 0 aromatic carbocycles. The van der Waals surface area contributed by atoms with Crippen molar-refractivity contribution in [2.75, 3.05) is 13.1 Å². The molecule has 5 heteroatoms. The predicted octanol–water partition coefficient (Wildman–Crippen LogP) is 2.16. The molecule has 0 spiro atoms. The molecule has 17 heavy (non-hydrogen) atoms. The Morgan fingerprint density at radius 2 is 2.18 bits per heavy atom. The van der Waals surface area contributed by atoms with Crippen LogP contribution in [0.15, 0.2) is 6.20 Å². The summed E-state index contributed by atoms with van der Waals surface area (Å²) in [5, 5.41) is 7.82. The molecule has 1 aliphatic rings. The number of hydrogen-bond donors (Lipinski definition) is 1. The maximum atomic E-state index is 12.4. The van der Waals surface area contributed by atoms with Gasteiger partial charge in [-0.25, -0.2) is 0 Å². The SMILES string of the molecule is CC(C(=O)c1c(Cl)cnn1C(C)C)C1CNC1. The molecule has 0 amide bonds. The summed E-state index contributed by atoms with van der Waals surface area (Å²) in [6.45, 7) is 7.80. The van der Waals surface area contributed by atoms with Gasteiger partial charge in [0, 0.05) is 12.0 Å². The van der Waals surface area contributed by atoms with Gasteiger partial charge in [0.2, 0.25) is 0 Å². The van der Waals surface area contributed by atoms with E-state index in [9.17, 15) is 4.79 Å². The van der Waals surface area contributed by atoms with Crippen LogP contribution < -0.4 is 5.32 Å². The van der Waals surface area contributed by atoms with Crippen LogP contribution in [0.1, 0.15) is 37.3 Å². The topological polar surface area (TPSA) is 46.9 Å². The molecule has 1 aliphatic heterocycles. The highest BCUT2D eigenvalue weighted by atomic mass is 35.5. The van der Waals surface area contributed by atoms with Gasteiger partial charge in [0.1, 0.15) is 5.69 Å². The molecule has 0 aliphatic carbocycles. The third kappa shape index (κ3) is 2.24. The Labute approximate surface area is 106 Å². The molecule has 0 saturated carbocycles. The molecule has 2 heterocycles. The number of nitrogens with one attached hydrogen (secondary N) is 1. The number of carbonyl (C=O) groups is 1. The molecule has 1 unspecified atom stereocenters. The Balaban J connectivity index is 2.26. The Hall–Kier alpha value is -0.870. The van der Waals surface area contributed by atoms with E-state index in [0.29, 0.717) is 16.6 Å². The smallest absolute Gasteiger partial charge is 0.185 e. The summed E-state index contributed by atoms with van der Waals surface area (Å²) in [6.07, 6.45) is 1.56. The molecule has 4 nitrogen and oxygen atoms in total. The fourth-order valence-electron chi connectivity index (χ4n) is 2.06. The van der Waals surface area contributed by atoms with Crippen molar-refractivity contribution >= 4 is 17.4 Å². The molecular weight excluding hydrogens is 238 g/mol. The lowest BCUT2D eigenvalue weighted by molar-refractivity contribution is 0.0841. The first-order valence-electron chi connectivity index (χ1n) is 6.00. The lowest BCUT2D eigenvalue weighted by atomic mass is 9.85. The molecule has 1 saturated heterocycles. The van der Waals surface area contributed by atoms with Crippen LogP contribution in [0.2, 0.25) is 5.02 Å². The molecule has 1 aromatic rings. The number of rotatable bonds is 4. The van der Waals surface area contributed by atoms with Crippen molar-refractivity contribution in [3.8, 4) is 0 Å². The van der Waals surface area contributed by atoms with Crippen LogP contribution >= 0.6 is 11.6 Å². The van der Waals surface area contributed by atoms with E-state index in [-0.39, 0.29) is 17.7 Å². The number of halogens is 1. The summed E-state index contributed by atoms with van der Waals surface area (Å²) in [5.74, 6) is 0.532. The van der Waals surface area contributed by atoms with Gasteiger partial charge in [-0.05, 0) is 32.9 Å². The van der Waals surface area contributed by atoms with Crippen LogP contribution in [0.25, 0.3) is 0 Å². The first kappa shape index (κ1) is 12.6. The van der Waals surface area contributed by atoms with Gasteiger partial charge in [0.15, 0.2) is 5.78 Å². The highest BCUT2D eigenvalue weighted by Crippen LogP contribution is 2.26. The number of carbonyl (C=O) groups excluding carboxylic acids is 1. The maximum Gasteiger partial charge on any atom is 0.185 e. The van der Waals surface area contributed by atoms with Gasteiger partial charge in [-0.3, -0.25) is 9.48 Å². The van der Waals surface area contributed by atoms with Crippen LogP contribution in [-0.2, 0) is 0 Å². The molecule has 2 rings (SSSR count). The Morgan fingerprint density at radius 1 is 1.53 bits per heavy atom. The van der Waals surface area contributed by atoms with Crippen molar-refractivity contribution in [1.29, 1.82) is 0 Å². The lowest BCUT2D eigenvalue weighted by Gasteiger charge is -2.31. The number of hydrogen-bond acceptors (Lipinski definition) is 3. The average molecular weight is 256 g/mol. The summed E-state index contributed by atoms with van der Waals surface area (Å²) in [7, 11) is 0. The quantitative estimate of drug-likeness (QED) is 0.839. The third-order valence-corrected chi connectivity index (χ3v) is 3.68. The predicted molar refractivity (Wildman–Crippen MR) is 67.5 cm³/mol. The van der Waals surface area contributed by atoms with E-state index in [2.05, 4.69) is 10.4 Å².